The Kier molecular flexibility index (Phi) is 8.41. The van der Waals surface area contributed by atoms with Crippen molar-refractivity contribution in [3.63, 3.8) is 0 Å². The van der Waals surface area contributed by atoms with E-state index in [1.807, 2.05) is 0 Å². The van der Waals surface area contributed by atoms with Crippen molar-refractivity contribution in [1.82, 2.24) is 0 Å². The molecule has 0 aromatic heterocycles. The van der Waals surface area contributed by atoms with Gasteiger partial charge in [-0.25, -0.2) is 0 Å². The summed E-state index contributed by atoms with van der Waals surface area (Å²) >= 11 is 0. The van der Waals surface area contributed by atoms with E-state index in [1.54, 1.807) is 0 Å². The van der Waals surface area contributed by atoms with Crippen molar-refractivity contribution in [2.24, 2.45) is 0 Å². The van der Waals surface area contributed by atoms with Gasteiger partial charge >= 0.3 is 0 Å². The van der Waals surface area contributed by atoms with Crippen LogP contribution in [0.4, 0.5) is 0 Å². The monoisotopic (exact) mass is 240 g/mol. The minimum Gasteiger partial charge on any atom is -0.300 e. The van der Waals surface area contributed by atoms with E-state index in [1.165, 1.54) is 13.8 Å². The van der Waals surface area contributed by atoms with Crippen LogP contribution in [0.15, 0.2) is 0 Å². The van der Waals surface area contributed by atoms with Crippen molar-refractivity contribution in [3.05, 3.63) is 0 Å². The molecule has 0 aliphatic carbocycles. The van der Waals surface area contributed by atoms with E-state index in [0.29, 0.717) is 0 Å². The summed E-state index contributed by atoms with van der Waals surface area (Å²) in [6.45, 7) is 2.81. The van der Waals surface area contributed by atoms with Crippen LogP contribution in [-0.4, -0.2) is 11.6 Å². The van der Waals surface area contributed by atoms with Crippen LogP contribution in [0.1, 0.15) is 20.3 Å². The second-order valence-corrected chi connectivity index (χ2v) is 1.58. The van der Waals surface area contributed by atoms with Gasteiger partial charge in [-0.05, 0) is 13.8 Å². The molecule has 0 saturated carbocycles. The number of ketones is 2. The molecule has 0 N–H and O–H groups in total. The average Bonchev–Trinajstić information content (AvgIpc) is 1.27. The van der Waals surface area contributed by atoms with Crippen LogP contribution in [0.5, 0.6) is 0 Å². The van der Waals surface area contributed by atoms with Gasteiger partial charge in [-0.1, -0.05) is 0 Å². The molecule has 0 aliphatic heterocycles. The van der Waals surface area contributed by atoms with E-state index in [0.717, 1.165) is 0 Å². The number of carbonyl (C=O) groups excluding carboxylic acids is 2. The summed E-state index contributed by atoms with van der Waals surface area (Å²) in [6.07, 6.45) is 0.0833. The number of Topliss-reactive ketones (excluding diaryl/α,β-unsaturated/α-hetero) is 2. The van der Waals surface area contributed by atoms with Crippen LogP contribution in [0, 0.1) is 41.7 Å². The molecule has 44 valence electrons. The van der Waals surface area contributed by atoms with Gasteiger partial charge in [0.15, 0.2) is 0 Å². The topological polar surface area (TPSA) is 34.1 Å². The molecule has 0 amide bonds. The molecule has 0 bridgehead atoms. The predicted octanol–water partition coefficient (Wildman–Crippen LogP) is 0.554. The fourth-order valence-electron chi connectivity index (χ4n) is 0.351. The van der Waals surface area contributed by atoms with Gasteiger partial charge in [0.05, 0.1) is 6.42 Å². The molecule has 0 aliphatic rings. The third-order valence-electron chi connectivity index (χ3n) is 0.498. The number of rotatable bonds is 2. The summed E-state index contributed by atoms with van der Waals surface area (Å²) < 4.78 is 0. The minimum absolute atomic E-state index is 0. The average molecular weight is 240 g/mol. The molecule has 0 atom stereocenters. The maximum atomic E-state index is 10.0. The van der Waals surface area contributed by atoms with Gasteiger partial charge in [0.25, 0.3) is 0 Å². The molecule has 0 heterocycles. The van der Waals surface area contributed by atoms with Crippen LogP contribution in [-0.2, 0) is 9.59 Å². The van der Waals surface area contributed by atoms with Crippen molar-refractivity contribution >= 4 is 11.6 Å². The summed E-state index contributed by atoms with van der Waals surface area (Å²) in [5.41, 5.74) is 0. The quantitative estimate of drug-likeness (QED) is 0.661. The number of hydrogen-bond donors (Lipinski definition) is 0. The molecule has 0 saturated heterocycles. The first kappa shape index (κ1) is 11.5. The van der Waals surface area contributed by atoms with Crippen LogP contribution in [0.25, 0.3) is 0 Å². The third kappa shape index (κ3) is 9.87. The van der Waals surface area contributed by atoms with E-state index in [9.17, 15) is 9.59 Å². The zero-order valence-corrected chi connectivity index (χ0v) is 8.16. The molecule has 2 nitrogen and oxygen atoms in total. The molecule has 0 spiro atoms. The van der Waals surface area contributed by atoms with Crippen molar-refractivity contribution in [2.75, 3.05) is 0 Å². The minimum atomic E-state index is -0.0625. The number of carbonyl (C=O) groups is 2. The third-order valence-corrected chi connectivity index (χ3v) is 0.498. The molecule has 8 heavy (non-hydrogen) atoms. The Morgan fingerprint density at radius 1 is 1.12 bits per heavy atom. The van der Waals surface area contributed by atoms with E-state index >= 15 is 0 Å². The standard InChI is InChI=1S/C5H8O2.Ce/c1-4(6)3-5(2)7;/h3H2,1-2H3;. The van der Waals surface area contributed by atoms with Crippen molar-refractivity contribution in [1.29, 1.82) is 0 Å². The van der Waals surface area contributed by atoms with Gasteiger partial charge in [-0.15, -0.1) is 0 Å². The molecule has 0 aromatic rings. The first-order valence-corrected chi connectivity index (χ1v) is 2.12. The Labute approximate surface area is 82.4 Å². The fourth-order valence-corrected chi connectivity index (χ4v) is 0.351. The van der Waals surface area contributed by atoms with Gasteiger partial charge in [0, 0.05) is 41.7 Å². The van der Waals surface area contributed by atoms with E-state index in [-0.39, 0.29) is 59.7 Å². The van der Waals surface area contributed by atoms with E-state index < -0.39 is 0 Å². The Hall–Kier alpha value is 0.717. The zero-order valence-electron chi connectivity index (χ0n) is 5.02. The van der Waals surface area contributed by atoms with E-state index in [4.69, 9.17) is 0 Å². The summed E-state index contributed by atoms with van der Waals surface area (Å²) in [5.74, 6) is -0.125. The van der Waals surface area contributed by atoms with Crippen molar-refractivity contribution in [3.8, 4) is 0 Å². The summed E-state index contributed by atoms with van der Waals surface area (Å²) in [4.78, 5) is 20.1. The van der Waals surface area contributed by atoms with Gasteiger partial charge in [0.1, 0.15) is 11.6 Å². The fraction of sp³-hybridized carbons (Fsp3) is 0.600. The van der Waals surface area contributed by atoms with Crippen LogP contribution in [0.3, 0.4) is 0 Å². The van der Waals surface area contributed by atoms with Crippen molar-refractivity contribution in [2.45, 2.75) is 20.3 Å². The second kappa shape index (κ2) is 5.85. The van der Waals surface area contributed by atoms with Crippen LogP contribution in [0.2, 0.25) is 0 Å². The smallest absolute Gasteiger partial charge is 0.137 e. The van der Waals surface area contributed by atoms with Crippen LogP contribution >= 0.6 is 0 Å². The maximum absolute atomic E-state index is 10.0. The SMILES string of the molecule is CC(=O)CC(C)=O.[Ce]. The Balaban J connectivity index is 0. The molecular formula is C5H8CeO2. The molecule has 0 fully saturated rings. The summed E-state index contributed by atoms with van der Waals surface area (Å²) in [7, 11) is 0. The molecular weight excluding hydrogens is 232 g/mol. The van der Waals surface area contributed by atoms with Gasteiger partial charge < -0.3 is 0 Å². The normalized spacial score (nSPS) is 7.25. The molecule has 0 radical (unpaired) electrons. The van der Waals surface area contributed by atoms with Crippen LogP contribution < -0.4 is 0 Å². The second-order valence-electron chi connectivity index (χ2n) is 1.58. The molecule has 3 heteroatoms. The molecule has 0 aromatic carbocycles. The molecule has 0 rings (SSSR count). The Morgan fingerprint density at radius 3 is 1.38 bits per heavy atom. The van der Waals surface area contributed by atoms with Crippen molar-refractivity contribution < 1.29 is 51.3 Å². The zero-order chi connectivity index (χ0) is 5.86. The first-order chi connectivity index (χ1) is 3.13. The Bertz CT molecular complexity index is 86.6. The number of hydrogen-bond acceptors (Lipinski definition) is 2. The van der Waals surface area contributed by atoms with Gasteiger partial charge in [0.2, 0.25) is 0 Å². The largest absolute Gasteiger partial charge is 0.300 e. The summed E-state index contributed by atoms with van der Waals surface area (Å²) in [6, 6.07) is 0. The summed E-state index contributed by atoms with van der Waals surface area (Å²) in [5, 5.41) is 0. The predicted molar refractivity (Wildman–Crippen MR) is 26.0 cm³/mol. The molecule has 0 unspecified atom stereocenters. The van der Waals surface area contributed by atoms with E-state index in [2.05, 4.69) is 0 Å². The first-order valence-electron chi connectivity index (χ1n) is 2.12. The van der Waals surface area contributed by atoms with Gasteiger partial charge in [-0.3, -0.25) is 9.59 Å². The van der Waals surface area contributed by atoms with Gasteiger partial charge in [-0.2, -0.15) is 0 Å². The Morgan fingerprint density at radius 2 is 1.38 bits per heavy atom. The maximum Gasteiger partial charge on any atom is 0.137 e.